The van der Waals surface area contributed by atoms with E-state index in [4.69, 9.17) is 9.40 Å². The highest BCUT2D eigenvalue weighted by molar-refractivity contribution is 5.93. The number of anilines is 1. The molecular formula is C26H32N4O2. The maximum absolute atomic E-state index is 12.6. The standard InChI is InChI=1S/C26H32N4O2/c1-18-8-9-23(21(4)14-18)26-27-22(17-32-26)15-29-10-12-30(13-11-29)16-24(31)28-25-19(2)6-5-7-20(25)3/h5-9,14,17H,10-13,15-16H2,1-4H3,(H,28,31). The molecule has 1 N–H and O–H groups in total. The second-order valence-corrected chi connectivity index (χ2v) is 8.83. The number of rotatable bonds is 6. The van der Waals surface area contributed by atoms with Gasteiger partial charge < -0.3 is 9.73 Å². The number of hydrogen-bond acceptors (Lipinski definition) is 5. The van der Waals surface area contributed by atoms with Gasteiger partial charge in [0.15, 0.2) is 0 Å². The topological polar surface area (TPSA) is 61.6 Å². The average Bonchev–Trinajstić information content (AvgIpc) is 3.20. The summed E-state index contributed by atoms with van der Waals surface area (Å²) in [4.78, 5) is 21.8. The smallest absolute Gasteiger partial charge is 0.238 e. The number of carbonyl (C=O) groups is 1. The molecule has 1 aliphatic rings. The van der Waals surface area contributed by atoms with Crippen LogP contribution >= 0.6 is 0 Å². The fourth-order valence-corrected chi connectivity index (χ4v) is 4.29. The Balaban J connectivity index is 1.27. The van der Waals surface area contributed by atoms with Gasteiger partial charge in [-0.15, -0.1) is 0 Å². The molecule has 0 bridgehead atoms. The van der Waals surface area contributed by atoms with Gasteiger partial charge in [0.1, 0.15) is 6.26 Å². The lowest BCUT2D eigenvalue weighted by molar-refractivity contribution is -0.117. The van der Waals surface area contributed by atoms with Crippen LogP contribution in [-0.2, 0) is 11.3 Å². The largest absolute Gasteiger partial charge is 0.444 e. The number of amides is 1. The Morgan fingerprint density at radius 1 is 0.969 bits per heavy atom. The maximum Gasteiger partial charge on any atom is 0.238 e. The molecule has 168 valence electrons. The van der Waals surface area contributed by atoms with Crippen LogP contribution in [-0.4, -0.2) is 53.4 Å². The molecule has 3 aromatic rings. The molecular weight excluding hydrogens is 400 g/mol. The van der Waals surface area contributed by atoms with Crippen LogP contribution in [0.2, 0.25) is 0 Å². The van der Waals surface area contributed by atoms with Crippen molar-refractivity contribution in [3.8, 4) is 11.5 Å². The molecule has 0 radical (unpaired) electrons. The monoisotopic (exact) mass is 432 g/mol. The molecule has 32 heavy (non-hydrogen) atoms. The van der Waals surface area contributed by atoms with Crippen molar-refractivity contribution in [2.45, 2.75) is 34.2 Å². The van der Waals surface area contributed by atoms with Crippen molar-refractivity contribution in [3.63, 3.8) is 0 Å². The number of aromatic nitrogens is 1. The van der Waals surface area contributed by atoms with E-state index < -0.39 is 0 Å². The molecule has 2 heterocycles. The Morgan fingerprint density at radius 2 is 1.66 bits per heavy atom. The zero-order valence-electron chi connectivity index (χ0n) is 19.4. The molecule has 1 amide bonds. The average molecular weight is 433 g/mol. The predicted octanol–water partition coefficient (Wildman–Crippen LogP) is 4.33. The number of benzene rings is 2. The summed E-state index contributed by atoms with van der Waals surface area (Å²) in [6, 6.07) is 12.4. The number of piperazine rings is 1. The lowest BCUT2D eigenvalue weighted by Gasteiger charge is -2.33. The molecule has 1 fully saturated rings. The van der Waals surface area contributed by atoms with E-state index in [-0.39, 0.29) is 5.91 Å². The second kappa shape index (κ2) is 9.67. The Kier molecular flexibility index (Phi) is 6.72. The van der Waals surface area contributed by atoms with E-state index in [1.165, 1.54) is 11.1 Å². The molecule has 0 unspecified atom stereocenters. The second-order valence-electron chi connectivity index (χ2n) is 8.83. The van der Waals surface area contributed by atoms with Gasteiger partial charge in [0.25, 0.3) is 0 Å². The summed E-state index contributed by atoms with van der Waals surface area (Å²) in [5.41, 5.74) is 7.52. The highest BCUT2D eigenvalue weighted by Gasteiger charge is 2.21. The molecule has 0 atom stereocenters. The van der Waals surface area contributed by atoms with Crippen LogP contribution in [0.25, 0.3) is 11.5 Å². The summed E-state index contributed by atoms with van der Waals surface area (Å²) >= 11 is 0. The third kappa shape index (κ3) is 5.26. The molecule has 2 aromatic carbocycles. The molecule has 6 heteroatoms. The van der Waals surface area contributed by atoms with E-state index >= 15 is 0 Å². The molecule has 1 aromatic heterocycles. The van der Waals surface area contributed by atoms with Crippen LogP contribution < -0.4 is 5.32 Å². The molecule has 4 rings (SSSR count). The van der Waals surface area contributed by atoms with Gasteiger partial charge >= 0.3 is 0 Å². The Morgan fingerprint density at radius 3 is 2.34 bits per heavy atom. The maximum atomic E-state index is 12.6. The first-order chi connectivity index (χ1) is 15.4. The van der Waals surface area contributed by atoms with Gasteiger partial charge in [-0.25, -0.2) is 4.98 Å². The Hall–Kier alpha value is -2.96. The van der Waals surface area contributed by atoms with Gasteiger partial charge in [-0.05, 0) is 50.5 Å². The summed E-state index contributed by atoms with van der Waals surface area (Å²) in [6.45, 7) is 12.9. The van der Waals surface area contributed by atoms with Gasteiger partial charge in [-0.1, -0.05) is 35.9 Å². The zero-order chi connectivity index (χ0) is 22.7. The first-order valence-corrected chi connectivity index (χ1v) is 11.2. The third-order valence-corrected chi connectivity index (χ3v) is 6.13. The highest BCUT2D eigenvalue weighted by atomic mass is 16.3. The fraction of sp³-hybridized carbons (Fsp3) is 0.385. The number of nitrogens with one attached hydrogen (secondary N) is 1. The fourth-order valence-electron chi connectivity index (χ4n) is 4.29. The number of hydrogen-bond donors (Lipinski definition) is 1. The van der Waals surface area contributed by atoms with Crippen molar-refractivity contribution in [1.29, 1.82) is 0 Å². The minimum atomic E-state index is 0.0467. The normalized spacial score (nSPS) is 15.1. The van der Waals surface area contributed by atoms with E-state index in [2.05, 4.69) is 47.2 Å². The van der Waals surface area contributed by atoms with Crippen LogP contribution in [0, 0.1) is 27.7 Å². The molecule has 6 nitrogen and oxygen atoms in total. The summed E-state index contributed by atoms with van der Waals surface area (Å²) in [6.07, 6.45) is 1.76. The minimum absolute atomic E-state index is 0.0467. The van der Waals surface area contributed by atoms with Gasteiger partial charge in [-0.2, -0.15) is 0 Å². The van der Waals surface area contributed by atoms with Crippen molar-refractivity contribution in [1.82, 2.24) is 14.8 Å². The minimum Gasteiger partial charge on any atom is -0.444 e. The molecule has 0 saturated carbocycles. The van der Waals surface area contributed by atoms with Crippen LogP contribution in [0.4, 0.5) is 5.69 Å². The van der Waals surface area contributed by atoms with E-state index in [9.17, 15) is 4.79 Å². The Bertz CT molecular complexity index is 1080. The van der Waals surface area contributed by atoms with E-state index in [0.29, 0.717) is 12.4 Å². The number of carbonyl (C=O) groups excluding carboxylic acids is 1. The first-order valence-electron chi connectivity index (χ1n) is 11.2. The number of oxazole rings is 1. The number of para-hydroxylation sites is 1. The van der Waals surface area contributed by atoms with Gasteiger partial charge in [-0.3, -0.25) is 14.6 Å². The van der Waals surface area contributed by atoms with Crippen LogP contribution in [0.1, 0.15) is 27.9 Å². The van der Waals surface area contributed by atoms with Crippen molar-refractivity contribution in [3.05, 3.63) is 70.6 Å². The lowest BCUT2D eigenvalue weighted by Crippen LogP contribution is -2.48. The molecule has 1 aliphatic heterocycles. The van der Waals surface area contributed by atoms with Crippen molar-refractivity contribution < 1.29 is 9.21 Å². The first kappa shape index (κ1) is 22.2. The third-order valence-electron chi connectivity index (χ3n) is 6.13. The van der Waals surface area contributed by atoms with Crippen molar-refractivity contribution in [2.24, 2.45) is 0 Å². The van der Waals surface area contributed by atoms with Gasteiger partial charge in [0.2, 0.25) is 11.8 Å². The van der Waals surface area contributed by atoms with Crippen LogP contribution in [0.15, 0.2) is 47.1 Å². The Labute approximate surface area is 190 Å². The van der Waals surface area contributed by atoms with E-state index in [0.717, 1.165) is 60.8 Å². The van der Waals surface area contributed by atoms with Gasteiger partial charge in [0, 0.05) is 44.0 Å². The van der Waals surface area contributed by atoms with E-state index in [1.807, 2.05) is 32.0 Å². The van der Waals surface area contributed by atoms with Crippen molar-refractivity contribution in [2.75, 3.05) is 38.0 Å². The van der Waals surface area contributed by atoms with Gasteiger partial charge in [0.05, 0.1) is 12.2 Å². The lowest BCUT2D eigenvalue weighted by atomic mass is 10.1. The highest BCUT2D eigenvalue weighted by Crippen LogP contribution is 2.24. The molecule has 0 spiro atoms. The van der Waals surface area contributed by atoms with Crippen molar-refractivity contribution >= 4 is 11.6 Å². The summed E-state index contributed by atoms with van der Waals surface area (Å²) in [7, 11) is 0. The summed E-state index contributed by atoms with van der Waals surface area (Å²) in [5.74, 6) is 0.727. The van der Waals surface area contributed by atoms with Crippen LogP contribution in [0.3, 0.4) is 0 Å². The zero-order valence-corrected chi connectivity index (χ0v) is 19.4. The quantitative estimate of drug-likeness (QED) is 0.628. The summed E-state index contributed by atoms with van der Waals surface area (Å²) in [5, 5.41) is 3.09. The SMILES string of the molecule is Cc1ccc(-c2nc(CN3CCN(CC(=O)Nc4c(C)cccc4C)CC3)co2)c(C)c1. The molecule has 1 saturated heterocycles. The predicted molar refractivity (Wildman–Crippen MR) is 128 cm³/mol. The summed E-state index contributed by atoms with van der Waals surface area (Å²) < 4.78 is 5.76. The van der Waals surface area contributed by atoms with E-state index in [1.54, 1.807) is 6.26 Å². The molecule has 0 aliphatic carbocycles. The number of nitrogens with zero attached hydrogens (tertiary/aromatic N) is 3. The van der Waals surface area contributed by atoms with Crippen LogP contribution in [0.5, 0.6) is 0 Å². The number of aryl methyl sites for hydroxylation is 4.